The fourth-order valence-corrected chi connectivity index (χ4v) is 9.08. The smallest absolute Gasteiger partial charge is 0.410 e. The second-order valence-electron chi connectivity index (χ2n) is 17.0. The number of nitrogens with zero attached hydrogens (tertiary/aromatic N) is 3. The van der Waals surface area contributed by atoms with E-state index in [1.165, 1.54) is 22.5 Å². The van der Waals surface area contributed by atoms with E-state index in [-0.39, 0.29) is 56.4 Å². The molecule has 1 unspecified atom stereocenters. The van der Waals surface area contributed by atoms with Crippen molar-refractivity contribution >= 4 is 35.5 Å². The number of pyridine rings is 2. The molecule has 3 amide bonds. The molecule has 3 N–H and O–H groups in total. The third-order valence-electron chi connectivity index (χ3n) is 11.8. The standard InChI is InChI=1S/C47H48FN5O9/c1-25-27-14-15-37(42-33-20-53-39(43(33)51-38(41(27)42)19-36(25)48)18-32(26(2)55)35(44(53)57)22-60-24-54)50-40(56)21-52(17-16-49-45(58)62-47(3,4)5)46(59)61-23-34-30-12-8-6-10-28(30)29-11-7-9-13-31(29)34/h6-13,18-19,24,26,34,37,55H,14-17,20-23H2,1-5H3,(H,49,58)(H,50,56)/t26?,37-/m0/s1. The molecule has 5 aromatic rings. The zero-order chi connectivity index (χ0) is 44.0. The number of carbonyl (C=O) groups is 4. The summed E-state index contributed by atoms with van der Waals surface area (Å²) in [5, 5.41) is 17.1. The van der Waals surface area contributed by atoms with E-state index < -0.39 is 53.8 Å². The van der Waals surface area contributed by atoms with Gasteiger partial charge in [-0.15, -0.1) is 0 Å². The van der Waals surface area contributed by atoms with Crippen LogP contribution in [0.4, 0.5) is 14.0 Å². The summed E-state index contributed by atoms with van der Waals surface area (Å²) >= 11 is 0. The second kappa shape index (κ2) is 16.7. The quantitative estimate of drug-likeness (QED) is 0.0913. The van der Waals surface area contributed by atoms with Gasteiger partial charge in [-0.2, -0.15) is 0 Å². The number of hydrogen-bond donors (Lipinski definition) is 3. The van der Waals surface area contributed by atoms with Gasteiger partial charge in [-0.1, -0.05) is 48.5 Å². The number of halogens is 1. The molecule has 2 atom stereocenters. The number of hydrogen-bond acceptors (Lipinski definition) is 10. The molecule has 8 rings (SSSR count). The lowest BCUT2D eigenvalue weighted by atomic mass is 9.81. The summed E-state index contributed by atoms with van der Waals surface area (Å²) in [5.74, 6) is -1.18. The highest BCUT2D eigenvalue weighted by Crippen LogP contribution is 2.46. The van der Waals surface area contributed by atoms with Crippen LogP contribution in [0.15, 0.2) is 65.5 Å². The van der Waals surface area contributed by atoms with Crippen molar-refractivity contribution in [1.82, 2.24) is 25.1 Å². The van der Waals surface area contributed by atoms with Gasteiger partial charge in [0.25, 0.3) is 12.0 Å². The Bertz CT molecular complexity index is 2660. The third-order valence-corrected chi connectivity index (χ3v) is 11.8. The first-order valence-electron chi connectivity index (χ1n) is 20.7. The van der Waals surface area contributed by atoms with Crippen LogP contribution in [-0.4, -0.2) is 76.0 Å². The predicted molar refractivity (Wildman–Crippen MR) is 227 cm³/mol. The number of nitrogens with one attached hydrogen (secondary N) is 2. The van der Waals surface area contributed by atoms with Crippen molar-refractivity contribution in [2.75, 3.05) is 26.2 Å². The minimum Gasteiger partial charge on any atom is -0.463 e. The molecule has 0 radical (unpaired) electrons. The van der Waals surface area contributed by atoms with E-state index in [0.29, 0.717) is 51.8 Å². The topological polar surface area (TPSA) is 178 Å². The average molecular weight is 846 g/mol. The van der Waals surface area contributed by atoms with E-state index in [2.05, 4.69) is 10.6 Å². The van der Waals surface area contributed by atoms with Gasteiger partial charge in [0.15, 0.2) is 0 Å². The van der Waals surface area contributed by atoms with Crippen LogP contribution < -0.4 is 16.2 Å². The van der Waals surface area contributed by atoms with Crippen LogP contribution >= 0.6 is 0 Å². The number of aliphatic hydroxyl groups is 1. The first kappa shape index (κ1) is 42.1. The Labute approximate surface area is 357 Å². The van der Waals surface area contributed by atoms with Crippen LogP contribution in [0.5, 0.6) is 0 Å². The number of rotatable bonds is 12. The van der Waals surface area contributed by atoms with Gasteiger partial charge in [0.05, 0.1) is 41.2 Å². The van der Waals surface area contributed by atoms with Gasteiger partial charge in [0.2, 0.25) is 5.91 Å². The molecule has 62 heavy (non-hydrogen) atoms. The predicted octanol–water partition coefficient (Wildman–Crippen LogP) is 6.48. The molecule has 14 nitrogen and oxygen atoms in total. The molecule has 1 aliphatic heterocycles. The fourth-order valence-electron chi connectivity index (χ4n) is 9.08. The zero-order valence-corrected chi connectivity index (χ0v) is 35.2. The van der Waals surface area contributed by atoms with Crippen LogP contribution in [-0.2, 0) is 43.4 Å². The molecule has 0 fully saturated rings. The Balaban J connectivity index is 1.09. The summed E-state index contributed by atoms with van der Waals surface area (Å²) in [5.41, 5.74) is 7.00. The number of carbonyl (C=O) groups excluding carboxylic acids is 4. The minimum absolute atomic E-state index is 0.0145. The van der Waals surface area contributed by atoms with Gasteiger partial charge in [-0.3, -0.25) is 19.3 Å². The van der Waals surface area contributed by atoms with Crippen LogP contribution in [0.2, 0.25) is 0 Å². The Morgan fingerprint density at radius 3 is 2.42 bits per heavy atom. The summed E-state index contributed by atoms with van der Waals surface area (Å²) in [7, 11) is 0. The summed E-state index contributed by atoms with van der Waals surface area (Å²) in [6.07, 6.45) is -1.72. The van der Waals surface area contributed by atoms with Crippen molar-refractivity contribution in [1.29, 1.82) is 0 Å². The number of aryl methyl sites for hydroxylation is 1. The number of alkyl carbamates (subject to hydrolysis) is 1. The van der Waals surface area contributed by atoms with E-state index in [4.69, 9.17) is 19.2 Å². The maximum absolute atomic E-state index is 15.4. The highest BCUT2D eigenvalue weighted by molar-refractivity contribution is 5.94. The molecule has 322 valence electrons. The van der Waals surface area contributed by atoms with Crippen LogP contribution in [0, 0.1) is 12.7 Å². The Kier molecular flexibility index (Phi) is 11.3. The van der Waals surface area contributed by atoms with Gasteiger partial charge >= 0.3 is 12.2 Å². The molecular formula is C47H48FN5O9. The van der Waals surface area contributed by atoms with E-state index >= 15 is 4.39 Å². The summed E-state index contributed by atoms with van der Waals surface area (Å²) < 4.78 is 33.2. The molecule has 15 heteroatoms. The molecular weight excluding hydrogens is 798 g/mol. The fraction of sp³-hybridized carbons (Fsp3) is 0.362. The lowest BCUT2D eigenvalue weighted by Gasteiger charge is -2.30. The average Bonchev–Trinajstić information content (AvgIpc) is 3.76. The maximum atomic E-state index is 15.4. The van der Waals surface area contributed by atoms with Crippen molar-refractivity contribution in [3.63, 3.8) is 0 Å². The number of benzene rings is 3. The number of aromatic nitrogens is 2. The normalized spacial score (nSPS) is 15.2. The Hall–Kier alpha value is -6.61. The number of ether oxygens (including phenoxy) is 3. The van der Waals surface area contributed by atoms with Gasteiger partial charge in [-0.25, -0.2) is 19.0 Å². The SMILES string of the molecule is Cc1c(F)cc2nc3c(c4c2c1CC[C@@H]4NC(=O)CN(CCNC(=O)OC(C)(C)C)C(=O)OCC1c2ccccc2-c2ccccc21)Cn1c-3cc(C(C)O)c(COC=O)c1=O. The van der Waals surface area contributed by atoms with Gasteiger partial charge in [0, 0.05) is 36.0 Å². The van der Waals surface area contributed by atoms with Gasteiger partial charge < -0.3 is 34.5 Å². The monoisotopic (exact) mass is 845 g/mol. The molecule has 0 saturated carbocycles. The first-order chi connectivity index (χ1) is 29.6. The molecule has 3 heterocycles. The van der Waals surface area contributed by atoms with Crippen molar-refractivity contribution in [3.8, 4) is 22.5 Å². The molecule has 3 aromatic carbocycles. The lowest BCUT2D eigenvalue weighted by molar-refractivity contribution is -0.130. The number of fused-ring (bicyclic) bond motifs is 7. The van der Waals surface area contributed by atoms with E-state index in [1.807, 2.05) is 48.5 Å². The van der Waals surface area contributed by atoms with Gasteiger partial charge in [0.1, 0.15) is 31.2 Å². The Morgan fingerprint density at radius 2 is 1.76 bits per heavy atom. The largest absolute Gasteiger partial charge is 0.463 e. The molecule has 3 aliphatic rings. The second-order valence-corrected chi connectivity index (χ2v) is 17.0. The maximum Gasteiger partial charge on any atom is 0.410 e. The molecule has 2 aromatic heterocycles. The van der Waals surface area contributed by atoms with Crippen molar-refractivity contribution in [2.45, 2.75) is 84.3 Å². The highest BCUT2D eigenvalue weighted by atomic mass is 19.1. The van der Waals surface area contributed by atoms with Crippen molar-refractivity contribution < 1.29 is 42.9 Å². The molecule has 0 saturated heterocycles. The van der Waals surface area contributed by atoms with Gasteiger partial charge in [-0.05, 0) is 98.0 Å². The van der Waals surface area contributed by atoms with Crippen molar-refractivity contribution in [2.24, 2.45) is 0 Å². The van der Waals surface area contributed by atoms with Crippen molar-refractivity contribution in [3.05, 3.63) is 121 Å². The van der Waals surface area contributed by atoms with Crippen LogP contribution in [0.3, 0.4) is 0 Å². The summed E-state index contributed by atoms with van der Waals surface area (Å²) in [6, 6.07) is 18.3. The minimum atomic E-state index is -1.08. The third kappa shape index (κ3) is 7.88. The zero-order valence-electron chi connectivity index (χ0n) is 35.2. The summed E-state index contributed by atoms with van der Waals surface area (Å²) in [6.45, 7) is 7.82. The Morgan fingerprint density at radius 1 is 1.06 bits per heavy atom. The van der Waals surface area contributed by atoms with Crippen LogP contribution in [0.1, 0.15) is 96.7 Å². The first-order valence-corrected chi connectivity index (χ1v) is 20.7. The molecule has 0 bridgehead atoms. The van der Waals surface area contributed by atoms with E-state index in [0.717, 1.165) is 27.8 Å². The van der Waals surface area contributed by atoms with Crippen LogP contribution in [0.25, 0.3) is 33.4 Å². The molecule has 0 spiro atoms. The highest BCUT2D eigenvalue weighted by Gasteiger charge is 2.36. The van der Waals surface area contributed by atoms with E-state index in [1.54, 1.807) is 33.8 Å². The number of amides is 3. The summed E-state index contributed by atoms with van der Waals surface area (Å²) in [4.78, 5) is 71.9. The number of aliphatic hydroxyl groups excluding tert-OH is 1. The lowest BCUT2D eigenvalue weighted by Crippen LogP contribution is -2.46. The molecule has 2 aliphatic carbocycles. The van der Waals surface area contributed by atoms with E-state index in [9.17, 15) is 29.1 Å².